The van der Waals surface area contributed by atoms with E-state index in [1.54, 1.807) is 40.6 Å². The third kappa shape index (κ3) is 3.52. The molecule has 1 aromatic rings. The molecule has 0 radical (unpaired) electrons. The monoisotopic (exact) mass is 330 g/mol. The van der Waals surface area contributed by atoms with E-state index in [1.807, 2.05) is 18.2 Å². The normalized spacial score (nSPS) is 18.8. The highest BCUT2D eigenvalue weighted by atomic mass is 16.7. The van der Waals surface area contributed by atoms with E-state index in [-0.39, 0.29) is 0 Å². The van der Waals surface area contributed by atoms with Crippen molar-refractivity contribution in [2.45, 2.75) is 25.4 Å². The van der Waals surface area contributed by atoms with Crippen molar-refractivity contribution in [3.05, 3.63) is 64.8 Å². The van der Waals surface area contributed by atoms with E-state index in [2.05, 4.69) is 32.0 Å². The molecule has 0 fully saturated rings. The van der Waals surface area contributed by atoms with E-state index < -0.39 is 11.6 Å². The minimum Gasteiger partial charge on any atom is -0.346 e. The van der Waals surface area contributed by atoms with Gasteiger partial charge in [-0.25, -0.2) is 0 Å². The lowest BCUT2D eigenvalue weighted by atomic mass is 9.94. The number of hydrogen-bond donors (Lipinski definition) is 0. The molecule has 24 heavy (non-hydrogen) atoms. The molecule has 0 saturated carbocycles. The van der Waals surface area contributed by atoms with Crippen LogP contribution < -0.4 is 0 Å². The van der Waals surface area contributed by atoms with Crippen molar-refractivity contribution in [1.82, 2.24) is 0 Å². The Bertz CT molecular complexity index is 662. The average Bonchev–Trinajstić information content (AvgIpc) is 2.62. The van der Waals surface area contributed by atoms with Gasteiger partial charge in [0, 0.05) is 34.0 Å². The lowest BCUT2D eigenvalue weighted by Crippen LogP contribution is -2.41. The summed E-state index contributed by atoms with van der Waals surface area (Å²) in [5, 5.41) is 0. The standard InChI is InChI=1S/C20H26O4/c1-15-7-8-17(13-16(15)2)9-10-18-14-19(21-3,22-4)11-12-20(18,23-5)24-6/h7-14H,1-6H3/b10-9+. The average molecular weight is 330 g/mol. The number of methoxy groups -OCH3 is 4. The lowest BCUT2D eigenvalue weighted by Gasteiger charge is -2.37. The van der Waals surface area contributed by atoms with Gasteiger partial charge in [0.1, 0.15) is 0 Å². The van der Waals surface area contributed by atoms with Crippen LogP contribution in [-0.4, -0.2) is 40.0 Å². The predicted octanol–water partition coefficient (Wildman–Crippen LogP) is 3.79. The molecule has 0 aliphatic heterocycles. The summed E-state index contributed by atoms with van der Waals surface area (Å²) in [6.07, 6.45) is 9.44. The molecule has 0 spiro atoms. The first-order valence-electron chi connectivity index (χ1n) is 7.84. The maximum Gasteiger partial charge on any atom is 0.214 e. The van der Waals surface area contributed by atoms with Crippen molar-refractivity contribution < 1.29 is 18.9 Å². The maximum atomic E-state index is 5.61. The molecule has 4 heteroatoms. The summed E-state index contributed by atoms with van der Waals surface area (Å²) in [4.78, 5) is 0. The Morgan fingerprint density at radius 1 is 0.792 bits per heavy atom. The van der Waals surface area contributed by atoms with E-state index in [0.29, 0.717) is 0 Å². The number of benzene rings is 1. The molecular weight excluding hydrogens is 304 g/mol. The molecular formula is C20H26O4. The lowest BCUT2D eigenvalue weighted by molar-refractivity contribution is -0.164. The molecule has 130 valence electrons. The Morgan fingerprint density at radius 2 is 1.46 bits per heavy atom. The topological polar surface area (TPSA) is 36.9 Å². The summed E-state index contributed by atoms with van der Waals surface area (Å²) >= 11 is 0. The quantitative estimate of drug-likeness (QED) is 0.587. The highest BCUT2D eigenvalue weighted by Gasteiger charge is 2.39. The minimum atomic E-state index is -0.962. The van der Waals surface area contributed by atoms with E-state index >= 15 is 0 Å². The van der Waals surface area contributed by atoms with Gasteiger partial charge in [-0.2, -0.15) is 0 Å². The van der Waals surface area contributed by atoms with Crippen LogP contribution in [0.5, 0.6) is 0 Å². The zero-order chi connectivity index (χ0) is 17.8. The smallest absolute Gasteiger partial charge is 0.214 e. The minimum absolute atomic E-state index is 0.803. The van der Waals surface area contributed by atoms with Crippen LogP contribution in [0, 0.1) is 13.8 Å². The van der Waals surface area contributed by atoms with Gasteiger partial charge in [0.05, 0.1) is 0 Å². The van der Waals surface area contributed by atoms with Gasteiger partial charge < -0.3 is 18.9 Å². The molecule has 0 unspecified atom stereocenters. The van der Waals surface area contributed by atoms with Crippen molar-refractivity contribution >= 4 is 6.08 Å². The number of ether oxygens (including phenoxy) is 4. The Labute approximate surface area is 144 Å². The molecule has 0 aromatic heterocycles. The van der Waals surface area contributed by atoms with Gasteiger partial charge >= 0.3 is 0 Å². The highest BCUT2D eigenvalue weighted by molar-refractivity contribution is 5.57. The van der Waals surface area contributed by atoms with Gasteiger partial charge in [-0.15, -0.1) is 0 Å². The summed E-state index contributed by atoms with van der Waals surface area (Å²) in [5.41, 5.74) is 4.43. The first-order valence-corrected chi connectivity index (χ1v) is 7.84. The number of aryl methyl sites for hydroxylation is 2. The second-order valence-electron chi connectivity index (χ2n) is 5.82. The largest absolute Gasteiger partial charge is 0.346 e. The molecule has 0 bridgehead atoms. The molecule has 2 rings (SSSR count). The Morgan fingerprint density at radius 3 is 2.00 bits per heavy atom. The first-order chi connectivity index (χ1) is 11.4. The molecule has 4 nitrogen and oxygen atoms in total. The summed E-state index contributed by atoms with van der Waals surface area (Å²) in [6, 6.07) is 6.34. The van der Waals surface area contributed by atoms with E-state index in [9.17, 15) is 0 Å². The zero-order valence-corrected chi connectivity index (χ0v) is 15.3. The first kappa shape index (κ1) is 18.6. The van der Waals surface area contributed by atoms with Crippen molar-refractivity contribution in [3.63, 3.8) is 0 Å². The molecule has 0 amide bonds. The molecule has 0 atom stereocenters. The SMILES string of the molecule is COC1(OC)C=CC(OC)(OC)C(/C=C/c2ccc(C)c(C)c2)=C1. The van der Waals surface area contributed by atoms with Gasteiger partial charge in [-0.1, -0.05) is 30.4 Å². The summed E-state index contributed by atoms with van der Waals surface area (Å²) in [7, 11) is 6.42. The fourth-order valence-electron chi connectivity index (χ4n) is 2.70. The van der Waals surface area contributed by atoms with Gasteiger partial charge in [0.15, 0.2) is 0 Å². The molecule has 0 saturated heterocycles. The van der Waals surface area contributed by atoms with Crippen LogP contribution >= 0.6 is 0 Å². The molecule has 0 N–H and O–H groups in total. The van der Waals surface area contributed by atoms with Crippen LogP contribution in [0.15, 0.2) is 48.1 Å². The number of hydrogen-bond acceptors (Lipinski definition) is 4. The Kier molecular flexibility index (Phi) is 5.78. The van der Waals surface area contributed by atoms with Crippen LogP contribution in [0.4, 0.5) is 0 Å². The van der Waals surface area contributed by atoms with Crippen LogP contribution in [-0.2, 0) is 18.9 Å². The fourth-order valence-corrected chi connectivity index (χ4v) is 2.70. The van der Waals surface area contributed by atoms with E-state index in [0.717, 1.165) is 11.1 Å². The fraction of sp³-hybridized carbons (Fsp3) is 0.400. The summed E-state index contributed by atoms with van der Waals surface area (Å²) in [6.45, 7) is 4.20. The number of rotatable bonds is 6. The third-order valence-electron chi connectivity index (χ3n) is 4.52. The van der Waals surface area contributed by atoms with Crippen LogP contribution in [0.25, 0.3) is 6.08 Å². The molecule has 0 heterocycles. The summed E-state index contributed by atoms with van der Waals surface area (Å²) in [5.74, 6) is -1.89. The maximum absolute atomic E-state index is 5.61. The predicted molar refractivity (Wildman–Crippen MR) is 95.7 cm³/mol. The van der Waals surface area contributed by atoms with E-state index in [4.69, 9.17) is 18.9 Å². The second-order valence-corrected chi connectivity index (χ2v) is 5.82. The third-order valence-corrected chi connectivity index (χ3v) is 4.52. The zero-order valence-electron chi connectivity index (χ0n) is 15.3. The highest BCUT2D eigenvalue weighted by Crippen LogP contribution is 2.35. The second kappa shape index (κ2) is 7.45. The van der Waals surface area contributed by atoms with Gasteiger partial charge in [0.25, 0.3) is 0 Å². The van der Waals surface area contributed by atoms with E-state index in [1.165, 1.54) is 11.1 Å². The Balaban J connectivity index is 2.42. The van der Waals surface area contributed by atoms with Gasteiger partial charge in [-0.05, 0) is 48.8 Å². The summed E-state index contributed by atoms with van der Waals surface area (Å²) < 4.78 is 22.2. The van der Waals surface area contributed by atoms with Crippen molar-refractivity contribution in [2.24, 2.45) is 0 Å². The van der Waals surface area contributed by atoms with Gasteiger partial charge in [0.2, 0.25) is 11.6 Å². The van der Waals surface area contributed by atoms with Crippen molar-refractivity contribution in [3.8, 4) is 0 Å². The Hall–Kier alpha value is -1.72. The molecule has 1 aliphatic rings. The van der Waals surface area contributed by atoms with Gasteiger partial charge in [-0.3, -0.25) is 0 Å². The molecule has 1 aromatic carbocycles. The van der Waals surface area contributed by atoms with Crippen molar-refractivity contribution in [1.29, 1.82) is 0 Å². The van der Waals surface area contributed by atoms with Crippen LogP contribution in [0.1, 0.15) is 16.7 Å². The molecule has 1 aliphatic carbocycles. The van der Waals surface area contributed by atoms with Crippen LogP contribution in [0.3, 0.4) is 0 Å². The van der Waals surface area contributed by atoms with Crippen molar-refractivity contribution in [2.75, 3.05) is 28.4 Å². The van der Waals surface area contributed by atoms with Crippen LogP contribution in [0.2, 0.25) is 0 Å².